The molecule has 2 nitrogen and oxygen atoms in total. The summed E-state index contributed by atoms with van der Waals surface area (Å²) in [5.41, 5.74) is 1.08. The number of halogens is 1. The van der Waals surface area contributed by atoms with Gasteiger partial charge in [-0.05, 0) is 19.1 Å². The molecule has 0 fully saturated rings. The van der Waals surface area contributed by atoms with Crippen LogP contribution in [0.4, 0.5) is 0 Å². The average molecular weight is 237 g/mol. The topological polar surface area (TPSA) is 24.1 Å². The molecule has 0 aliphatic carbocycles. The standard InChI is InChI=1S/C7H13BrN2S/c1-6(2)5-10-7(11)9-4-3-8/h1,3-5H2,2H3,(H2,9,10,11). The Labute approximate surface area is 81.6 Å². The third-order valence-electron chi connectivity index (χ3n) is 0.931. The van der Waals surface area contributed by atoms with Crippen molar-refractivity contribution in [3.8, 4) is 0 Å². The van der Waals surface area contributed by atoms with Crippen LogP contribution >= 0.6 is 28.1 Å². The van der Waals surface area contributed by atoms with Gasteiger partial charge in [0.2, 0.25) is 0 Å². The molecular weight excluding hydrogens is 224 g/mol. The highest BCUT2D eigenvalue weighted by Crippen LogP contribution is 1.81. The van der Waals surface area contributed by atoms with Crippen molar-refractivity contribution in [3.63, 3.8) is 0 Å². The van der Waals surface area contributed by atoms with E-state index in [2.05, 4.69) is 33.1 Å². The Bertz CT molecular complexity index is 147. The summed E-state index contributed by atoms with van der Waals surface area (Å²) in [5, 5.41) is 7.63. The van der Waals surface area contributed by atoms with Gasteiger partial charge in [0.05, 0.1) is 0 Å². The summed E-state index contributed by atoms with van der Waals surface area (Å²) in [6.45, 7) is 7.30. The second-order valence-electron chi connectivity index (χ2n) is 2.26. The molecule has 0 spiro atoms. The molecule has 0 heterocycles. The molecule has 0 atom stereocenters. The molecule has 0 amide bonds. The Morgan fingerprint density at radius 2 is 2.18 bits per heavy atom. The van der Waals surface area contributed by atoms with Crippen LogP contribution in [0.3, 0.4) is 0 Å². The van der Waals surface area contributed by atoms with Crippen molar-refractivity contribution >= 4 is 33.3 Å². The van der Waals surface area contributed by atoms with Gasteiger partial charge in [0, 0.05) is 18.4 Å². The minimum absolute atomic E-state index is 0.687. The van der Waals surface area contributed by atoms with E-state index in [0.29, 0.717) is 5.11 Å². The number of alkyl halides is 1. The van der Waals surface area contributed by atoms with E-state index >= 15 is 0 Å². The summed E-state index contributed by atoms with van der Waals surface area (Å²) in [4.78, 5) is 0. The lowest BCUT2D eigenvalue weighted by molar-refractivity contribution is 0.900. The van der Waals surface area contributed by atoms with Crippen LogP contribution in [0, 0.1) is 0 Å². The molecule has 2 N–H and O–H groups in total. The smallest absolute Gasteiger partial charge is 0.166 e. The molecule has 0 saturated heterocycles. The van der Waals surface area contributed by atoms with Gasteiger partial charge in [0.1, 0.15) is 0 Å². The molecule has 0 aliphatic rings. The molecule has 0 aromatic heterocycles. The predicted octanol–water partition coefficient (Wildman–Crippen LogP) is 1.42. The zero-order valence-electron chi connectivity index (χ0n) is 6.61. The second kappa shape index (κ2) is 6.61. The maximum absolute atomic E-state index is 4.95. The van der Waals surface area contributed by atoms with E-state index in [-0.39, 0.29) is 0 Å². The van der Waals surface area contributed by atoms with E-state index in [1.54, 1.807) is 0 Å². The molecule has 0 aliphatic heterocycles. The number of thiocarbonyl (C=S) groups is 1. The number of rotatable bonds is 4. The molecule has 0 aromatic carbocycles. The Kier molecular flexibility index (Phi) is 6.56. The van der Waals surface area contributed by atoms with E-state index in [4.69, 9.17) is 12.2 Å². The van der Waals surface area contributed by atoms with Gasteiger partial charge < -0.3 is 10.6 Å². The van der Waals surface area contributed by atoms with Gasteiger partial charge in [-0.15, -0.1) is 0 Å². The fourth-order valence-corrected chi connectivity index (χ4v) is 0.827. The quantitative estimate of drug-likeness (QED) is 0.439. The minimum Gasteiger partial charge on any atom is -0.362 e. The highest BCUT2D eigenvalue weighted by atomic mass is 79.9. The maximum Gasteiger partial charge on any atom is 0.166 e. The van der Waals surface area contributed by atoms with Gasteiger partial charge in [0.25, 0.3) is 0 Å². The highest BCUT2D eigenvalue weighted by molar-refractivity contribution is 9.09. The van der Waals surface area contributed by atoms with E-state index in [0.717, 1.165) is 24.0 Å². The summed E-state index contributed by atoms with van der Waals surface area (Å²) < 4.78 is 0. The van der Waals surface area contributed by atoms with Crippen LogP contribution in [0.2, 0.25) is 0 Å². The number of nitrogens with one attached hydrogen (secondary N) is 2. The van der Waals surface area contributed by atoms with E-state index in [1.165, 1.54) is 0 Å². The largest absolute Gasteiger partial charge is 0.362 e. The lowest BCUT2D eigenvalue weighted by Gasteiger charge is -2.08. The first-order valence-corrected chi connectivity index (χ1v) is 4.92. The fourth-order valence-electron chi connectivity index (χ4n) is 0.454. The molecular formula is C7H13BrN2S. The van der Waals surface area contributed by atoms with Gasteiger partial charge in [0.15, 0.2) is 5.11 Å². The monoisotopic (exact) mass is 236 g/mol. The normalized spacial score (nSPS) is 8.91. The predicted molar refractivity (Wildman–Crippen MR) is 57.2 cm³/mol. The molecule has 64 valence electrons. The van der Waals surface area contributed by atoms with Crippen LogP contribution in [0.1, 0.15) is 6.92 Å². The summed E-state index contributed by atoms with van der Waals surface area (Å²) >= 11 is 8.24. The molecule has 0 rings (SSSR count). The first-order valence-electron chi connectivity index (χ1n) is 3.39. The molecule has 0 unspecified atom stereocenters. The van der Waals surface area contributed by atoms with Gasteiger partial charge in [-0.1, -0.05) is 28.1 Å². The molecule has 0 aromatic rings. The molecule has 11 heavy (non-hydrogen) atoms. The van der Waals surface area contributed by atoms with Crippen LogP contribution in [0.25, 0.3) is 0 Å². The van der Waals surface area contributed by atoms with E-state index in [9.17, 15) is 0 Å². The molecule has 4 heteroatoms. The van der Waals surface area contributed by atoms with Crippen LogP contribution in [0.5, 0.6) is 0 Å². The van der Waals surface area contributed by atoms with Crippen LogP contribution in [-0.2, 0) is 0 Å². The Hall–Kier alpha value is -0.0900. The van der Waals surface area contributed by atoms with Crippen molar-refractivity contribution in [1.82, 2.24) is 10.6 Å². The molecule has 0 saturated carbocycles. The SMILES string of the molecule is C=C(C)CNC(=S)NCCBr. The van der Waals surface area contributed by atoms with Crippen LogP contribution < -0.4 is 10.6 Å². The first kappa shape index (κ1) is 10.9. The van der Waals surface area contributed by atoms with Crippen molar-refractivity contribution in [2.45, 2.75) is 6.92 Å². The zero-order chi connectivity index (χ0) is 8.69. The van der Waals surface area contributed by atoms with Crippen molar-refractivity contribution < 1.29 is 0 Å². The number of hydrogen-bond donors (Lipinski definition) is 2. The Morgan fingerprint density at radius 1 is 1.55 bits per heavy atom. The maximum atomic E-state index is 4.95. The van der Waals surface area contributed by atoms with Crippen LogP contribution in [-0.4, -0.2) is 23.5 Å². The van der Waals surface area contributed by atoms with Gasteiger partial charge in [-0.3, -0.25) is 0 Å². The zero-order valence-corrected chi connectivity index (χ0v) is 9.02. The van der Waals surface area contributed by atoms with E-state index in [1.807, 2.05) is 6.92 Å². The third-order valence-corrected chi connectivity index (χ3v) is 1.62. The van der Waals surface area contributed by atoms with Gasteiger partial charge in [-0.2, -0.15) is 0 Å². The summed E-state index contributed by atoms with van der Waals surface area (Å²) in [6, 6.07) is 0. The summed E-state index contributed by atoms with van der Waals surface area (Å²) in [7, 11) is 0. The Morgan fingerprint density at radius 3 is 2.64 bits per heavy atom. The fraction of sp³-hybridized carbons (Fsp3) is 0.571. The highest BCUT2D eigenvalue weighted by Gasteiger charge is 1.91. The minimum atomic E-state index is 0.687. The average Bonchev–Trinajstić information content (AvgIpc) is 1.97. The Balaban J connectivity index is 3.30. The van der Waals surface area contributed by atoms with Crippen LogP contribution in [0.15, 0.2) is 12.2 Å². The summed E-state index contributed by atoms with van der Waals surface area (Å²) in [5.74, 6) is 0. The van der Waals surface area contributed by atoms with E-state index < -0.39 is 0 Å². The lowest BCUT2D eigenvalue weighted by atomic mass is 10.3. The first-order chi connectivity index (χ1) is 5.16. The molecule has 0 bridgehead atoms. The van der Waals surface area contributed by atoms with Crippen molar-refractivity contribution in [2.75, 3.05) is 18.4 Å². The summed E-state index contributed by atoms with van der Waals surface area (Å²) in [6.07, 6.45) is 0. The number of hydrogen-bond acceptors (Lipinski definition) is 1. The second-order valence-corrected chi connectivity index (χ2v) is 3.46. The van der Waals surface area contributed by atoms with Crippen molar-refractivity contribution in [2.24, 2.45) is 0 Å². The molecule has 0 radical (unpaired) electrons. The van der Waals surface area contributed by atoms with Gasteiger partial charge in [-0.25, -0.2) is 0 Å². The third kappa shape index (κ3) is 7.81. The van der Waals surface area contributed by atoms with Crippen molar-refractivity contribution in [1.29, 1.82) is 0 Å². The van der Waals surface area contributed by atoms with Crippen molar-refractivity contribution in [3.05, 3.63) is 12.2 Å². The van der Waals surface area contributed by atoms with Gasteiger partial charge >= 0.3 is 0 Å². The lowest BCUT2D eigenvalue weighted by Crippen LogP contribution is -2.36.